The van der Waals surface area contributed by atoms with Crippen molar-refractivity contribution in [1.82, 2.24) is 4.31 Å². The Hall–Kier alpha value is -2.23. The number of piperidine rings is 1. The number of carbonyl (C=O) groups excluding carboxylic acids is 2. The van der Waals surface area contributed by atoms with E-state index in [0.717, 1.165) is 25.7 Å². The third kappa shape index (κ3) is 4.74. The Bertz CT molecular complexity index is 999. The van der Waals surface area contributed by atoms with E-state index in [1.54, 1.807) is 22.7 Å². The van der Waals surface area contributed by atoms with E-state index in [-0.39, 0.29) is 17.5 Å². The first-order valence-electron chi connectivity index (χ1n) is 10.1. The summed E-state index contributed by atoms with van der Waals surface area (Å²) in [6.45, 7) is 4.48. The number of hydrogen-bond acceptors (Lipinski definition) is 6. The zero-order valence-electron chi connectivity index (χ0n) is 17.1. The molecule has 7 nitrogen and oxygen atoms in total. The van der Waals surface area contributed by atoms with Gasteiger partial charge in [0.1, 0.15) is 5.00 Å². The predicted octanol–water partition coefficient (Wildman–Crippen LogP) is 4.13. The molecule has 1 aliphatic rings. The minimum Gasteiger partial charge on any atom is -0.462 e. The van der Waals surface area contributed by atoms with E-state index in [1.165, 1.54) is 35.6 Å². The fourth-order valence-electron chi connectivity index (χ4n) is 3.56. The summed E-state index contributed by atoms with van der Waals surface area (Å²) < 4.78 is 32.7. The van der Waals surface area contributed by atoms with Crippen molar-refractivity contribution in [3.63, 3.8) is 0 Å². The zero-order valence-corrected chi connectivity index (χ0v) is 18.7. The van der Waals surface area contributed by atoms with Gasteiger partial charge in [-0.1, -0.05) is 13.3 Å². The summed E-state index contributed by atoms with van der Waals surface area (Å²) in [6.07, 6.45) is 3.56. The highest BCUT2D eigenvalue weighted by molar-refractivity contribution is 7.89. The van der Waals surface area contributed by atoms with Crippen LogP contribution in [0.2, 0.25) is 0 Å². The van der Waals surface area contributed by atoms with Crippen LogP contribution in [-0.2, 0) is 14.8 Å². The molecule has 1 saturated heterocycles. The number of hydrogen-bond donors (Lipinski definition) is 1. The Balaban J connectivity index is 1.75. The van der Waals surface area contributed by atoms with E-state index < -0.39 is 21.9 Å². The number of carbonyl (C=O) groups is 2. The van der Waals surface area contributed by atoms with Gasteiger partial charge in [-0.2, -0.15) is 4.31 Å². The first-order valence-corrected chi connectivity index (χ1v) is 12.4. The Labute approximate surface area is 181 Å². The number of thiophene rings is 1. The smallest absolute Gasteiger partial charge is 0.341 e. The lowest BCUT2D eigenvalue weighted by atomic mass is 10.0. The van der Waals surface area contributed by atoms with Crippen LogP contribution in [0.15, 0.2) is 40.6 Å². The maximum absolute atomic E-state index is 13.1. The first-order chi connectivity index (χ1) is 14.4. The molecule has 1 fully saturated rings. The normalized spacial score (nSPS) is 17.5. The average Bonchev–Trinajstić information content (AvgIpc) is 3.22. The molecule has 1 aromatic carbocycles. The van der Waals surface area contributed by atoms with Gasteiger partial charge < -0.3 is 10.1 Å². The second-order valence-corrected chi connectivity index (χ2v) is 9.84. The number of amides is 1. The average molecular weight is 451 g/mol. The van der Waals surface area contributed by atoms with Crippen LogP contribution in [0.1, 0.15) is 60.2 Å². The topological polar surface area (TPSA) is 92.8 Å². The maximum atomic E-state index is 13.1. The zero-order chi connectivity index (χ0) is 21.7. The molecule has 1 unspecified atom stereocenters. The van der Waals surface area contributed by atoms with Crippen LogP contribution in [0, 0.1) is 0 Å². The van der Waals surface area contributed by atoms with Crippen LogP contribution < -0.4 is 5.32 Å². The van der Waals surface area contributed by atoms with E-state index in [4.69, 9.17) is 4.74 Å². The van der Waals surface area contributed by atoms with Gasteiger partial charge in [0.05, 0.1) is 17.1 Å². The minimum absolute atomic E-state index is 0.0202. The van der Waals surface area contributed by atoms with Gasteiger partial charge in [-0.25, -0.2) is 13.2 Å². The van der Waals surface area contributed by atoms with Gasteiger partial charge >= 0.3 is 5.97 Å². The molecule has 0 bridgehead atoms. The SMILES string of the molecule is CCOC(=O)c1ccsc1NC(=O)c1ccc(S(=O)(=O)N2CCCCC2CC)cc1. The molecule has 0 spiro atoms. The molecule has 162 valence electrons. The van der Waals surface area contributed by atoms with E-state index in [9.17, 15) is 18.0 Å². The van der Waals surface area contributed by atoms with Crippen LogP contribution in [0.3, 0.4) is 0 Å². The lowest BCUT2D eigenvalue weighted by Gasteiger charge is -2.34. The molecule has 1 atom stereocenters. The van der Waals surface area contributed by atoms with Gasteiger partial charge in [-0.15, -0.1) is 11.3 Å². The Morgan fingerprint density at radius 1 is 1.17 bits per heavy atom. The quantitative estimate of drug-likeness (QED) is 0.640. The lowest BCUT2D eigenvalue weighted by Crippen LogP contribution is -2.43. The molecule has 9 heteroatoms. The number of benzene rings is 1. The highest BCUT2D eigenvalue weighted by Crippen LogP contribution is 2.28. The van der Waals surface area contributed by atoms with Crippen molar-refractivity contribution < 1.29 is 22.7 Å². The van der Waals surface area contributed by atoms with Gasteiger partial charge in [0.15, 0.2) is 0 Å². The molecule has 0 radical (unpaired) electrons. The molecule has 2 aromatic rings. The van der Waals surface area contributed by atoms with E-state index in [1.807, 2.05) is 6.92 Å². The number of nitrogens with zero attached hydrogens (tertiary/aromatic N) is 1. The molecule has 1 aromatic heterocycles. The van der Waals surface area contributed by atoms with Crippen molar-refractivity contribution in [2.24, 2.45) is 0 Å². The van der Waals surface area contributed by atoms with Crippen LogP contribution in [0.25, 0.3) is 0 Å². The summed E-state index contributed by atoms with van der Waals surface area (Å²) in [6, 6.07) is 7.52. The number of esters is 1. The highest BCUT2D eigenvalue weighted by Gasteiger charge is 2.32. The lowest BCUT2D eigenvalue weighted by molar-refractivity contribution is 0.0528. The number of rotatable bonds is 7. The van der Waals surface area contributed by atoms with Crippen molar-refractivity contribution in [1.29, 1.82) is 0 Å². The summed E-state index contributed by atoms with van der Waals surface area (Å²) in [5.41, 5.74) is 0.605. The van der Waals surface area contributed by atoms with Crippen LogP contribution in [0.4, 0.5) is 5.00 Å². The Morgan fingerprint density at radius 3 is 2.57 bits per heavy atom. The number of nitrogens with one attached hydrogen (secondary N) is 1. The second-order valence-electron chi connectivity index (χ2n) is 7.04. The van der Waals surface area contributed by atoms with Gasteiger partial charge in [-0.3, -0.25) is 4.79 Å². The Kier molecular flexibility index (Phi) is 7.27. The summed E-state index contributed by atoms with van der Waals surface area (Å²) in [5, 5.41) is 4.79. The molecule has 1 aliphatic heterocycles. The van der Waals surface area contributed by atoms with Crippen LogP contribution in [-0.4, -0.2) is 43.8 Å². The standard InChI is InChI=1S/C21H26N2O5S2/c1-3-16-7-5-6-13-23(16)30(26,27)17-10-8-15(9-11-17)19(24)22-20-18(12-14-29-20)21(25)28-4-2/h8-12,14,16H,3-7,13H2,1-2H3,(H,22,24). The minimum atomic E-state index is -3.60. The van der Waals surface area contributed by atoms with E-state index in [2.05, 4.69) is 5.32 Å². The maximum Gasteiger partial charge on any atom is 0.341 e. The molecule has 0 saturated carbocycles. The molecule has 0 aliphatic carbocycles. The summed E-state index contributed by atoms with van der Waals surface area (Å²) in [4.78, 5) is 24.7. The Morgan fingerprint density at radius 2 is 1.90 bits per heavy atom. The molecule has 1 amide bonds. The molecule has 2 heterocycles. The third-order valence-electron chi connectivity index (χ3n) is 5.16. The second kappa shape index (κ2) is 9.72. The molecule has 3 rings (SSSR count). The summed E-state index contributed by atoms with van der Waals surface area (Å²) in [7, 11) is -3.60. The molecule has 30 heavy (non-hydrogen) atoms. The van der Waals surface area contributed by atoms with Gasteiger partial charge in [0.2, 0.25) is 10.0 Å². The molecule has 1 N–H and O–H groups in total. The summed E-state index contributed by atoms with van der Waals surface area (Å²) in [5.74, 6) is -0.918. The fraction of sp³-hybridized carbons (Fsp3) is 0.429. The largest absolute Gasteiger partial charge is 0.462 e. The van der Waals surface area contributed by atoms with Crippen LogP contribution >= 0.6 is 11.3 Å². The van der Waals surface area contributed by atoms with Gasteiger partial charge in [0, 0.05) is 18.2 Å². The van der Waals surface area contributed by atoms with Crippen molar-refractivity contribution in [3.05, 3.63) is 46.8 Å². The van der Waals surface area contributed by atoms with Crippen LogP contribution in [0.5, 0.6) is 0 Å². The number of ether oxygens (including phenoxy) is 1. The van der Waals surface area contributed by atoms with Crippen molar-refractivity contribution in [2.75, 3.05) is 18.5 Å². The van der Waals surface area contributed by atoms with Crippen molar-refractivity contribution in [2.45, 2.75) is 50.5 Å². The highest BCUT2D eigenvalue weighted by atomic mass is 32.2. The monoisotopic (exact) mass is 450 g/mol. The molecular formula is C21H26N2O5S2. The first kappa shape index (κ1) is 22.5. The number of sulfonamides is 1. The van der Waals surface area contributed by atoms with Gasteiger partial charge in [0.25, 0.3) is 5.91 Å². The molecular weight excluding hydrogens is 424 g/mol. The number of anilines is 1. The summed E-state index contributed by atoms with van der Waals surface area (Å²) >= 11 is 1.22. The van der Waals surface area contributed by atoms with Gasteiger partial charge in [-0.05, 0) is 61.9 Å². The fourth-order valence-corrected chi connectivity index (χ4v) is 6.10. The van der Waals surface area contributed by atoms with E-state index in [0.29, 0.717) is 22.7 Å². The third-order valence-corrected chi connectivity index (χ3v) is 7.95. The van der Waals surface area contributed by atoms with E-state index >= 15 is 0 Å². The van der Waals surface area contributed by atoms with Crippen molar-refractivity contribution >= 4 is 38.2 Å². The predicted molar refractivity (Wildman–Crippen MR) is 116 cm³/mol. The van der Waals surface area contributed by atoms with Crippen molar-refractivity contribution in [3.8, 4) is 0 Å².